The predicted molar refractivity (Wildman–Crippen MR) is 31.5 cm³/mol. The number of nitrogen functional groups attached to an aromatic ring is 1. The Morgan fingerprint density at radius 1 is 1.62 bits per heavy atom. The Bertz CT molecular complexity index is 171. The first kappa shape index (κ1) is 5.31. The quantitative estimate of drug-likeness (QED) is 0.562. The SMILES string of the molecule is Nc1cnnc(Cl)c1. The molecule has 0 aromatic carbocycles. The van der Waals surface area contributed by atoms with Crippen molar-refractivity contribution in [3.63, 3.8) is 0 Å². The minimum absolute atomic E-state index is 0.324. The maximum absolute atomic E-state index is 5.39. The van der Waals surface area contributed by atoms with Crippen molar-refractivity contribution < 1.29 is 0 Å². The lowest BCUT2D eigenvalue weighted by Crippen LogP contribution is -1.87. The monoisotopic (exact) mass is 129 g/mol. The smallest absolute Gasteiger partial charge is 0.153 e. The maximum Gasteiger partial charge on any atom is 0.153 e. The van der Waals surface area contributed by atoms with Crippen molar-refractivity contribution in [2.75, 3.05) is 5.73 Å². The average Bonchev–Trinajstić information content (AvgIpc) is 1.64. The summed E-state index contributed by atoms with van der Waals surface area (Å²) in [6, 6.07) is 1.54. The van der Waals surface area contributed by atoms with Crippen molar-refractivity contribution in [1.82, 2.24) is 10.2 Å². The molecule has 1 aromatic heterocycles. The second-order valence-corrected chi connectivity index (χ2v) is 1.70. The van der Waals surface area contributed by atoms with Crippen molar-refractivity contribution >= 4 is 17.3 Å². The van der Waals surface area contributed by atoms with Gasteiger partial charge in [0.05, 0.1) is 11.9 Å². The topological polar surface area (TPSA) is 51.8 Å². The molecule has 42 valence electrons. The predicted octanol–water partition coefficient (Wildman–Crippen LogP) is 0.712. The number of anilines is 1. The molecule has 0 aliphatic rings. The Morgan fingerprint density at radius 2 is 2.38 bits per heavy atom. The summed E-state index contributed by atoms with van der Waals surface area (Å²) in [5.41, 5.74) is 5.80. The van der Waals surface area contributed by atoms with Gasteiger partial charge in [-0.3, -0.25) is 0 Å². The molecule has 8 heavy (non-hydrogen) atoms. The molecule has 0 saturated heterocycles. The van der Waals surface area contributed by atoms with Gasteiger partial charge in [-0.15, -0.1) is 5.10 Å². The third kappa shape index (κ3) is 1.07. The highest BCUT2D eigenvalue weighted by atomic mass is 35.5. The highest BCUT2D eigenvalue weighted by Crippen LogP contribution is 2.04. The zero-order valence-electron chi connectivity index (χ0n) is 4.00. The fraction of sp³-hybridized carbons (Fsp3) is 0. The van der Waals surface area contributed by atoms with E-state index in [9.17, 15) is 0 Å². The van der Waals surface area contributed by atoms with Gasteiger partial charge in [-0.2, -0.15) is 5.10 Å². The molecule has 0 atom stereocenters. The largest absolute Gasteiger partial charge is 0.397 e. The highest BCUT2D eigenvalue weighted by molar-refractivity contribution is 6.29. The zero-order valence-corrected chi connectivity index (χ0v) is 4.76. The van der Waals surface area contributed by atoms with Gasteiger partial charge in [-0.1, -0.05) is 11.6 Å². The number of halogens is 1. The fourth-order valence-electron chi connectivity index (χ4n) is 0.354. The van der Waals surface area contributed by atoms with E-state index in [-0.39, 0.29) is 0 Å². The summed E-state index contributed by atoms with van der Waals surface area (Å²) in [5.74, 6) is 0. The van der Waals surface area contributed by atoms with Gasteiger partial charge in [-0.25, -0.2) is 0 Å². The van der Waals surface area contributed by atoms with Crippen molar-refractivity contribution in [3.8, 4) is 0 Å². The van der Waals surface area contributed by atoms with Crippen LogP contribution in [0.1, 0.15) is 0 Å². The molecule has 0 amide bonds. The number of rotatable bonds is 0. The average molecular weight is 130 g/mol. The van der Waals surface area contributed by atoms with Crippen molar-refractivity contribution in [1.29, 1.82) is 0 Å². The fourth-order valence-corrected chi connectivity index (χ4v) is 0.524. The lowest BCUT2D eigenvalue weighted by Gasteiger charge is -1.87. The Kier molecular flexibility index (Phi) is 1.30. The number of aromatic nitrogens is 2. The van der Waals surface area contributed by atoms with Crippen LogP contribution < -0.4 is 5.73 Å². The molecular formula is C4H4ClN3. The van der Waals surface area contributed by atoms with Crippen LogP contribution in [-0.2, 0) is 0 Å². The molecule has 3 nitrogen and oxygen atoms in total. The summed E-state index contributed by atoms with van der Waals surface area (Å²) in [6.07, 6.45) is 1.44. The van der Waals surface area contributed by atoms with Crippen LogP contribution in [0.3, 0.4) is 0 Å². The van der Waals surface area contributed by atoms with E-state index in [2.05, 4.69) is 10.2 Å². The maximum atomic E-state index is 5.39. The van der Waals surface area contributed by atoms with E-state index in [0.29, 0.717) is 10.8 Å². The van der Waals surface area contributed by atoms with Crippen LogP contribution in [0.5, 0.6) is 0 Å². The van der Waals surface area contributed by atoms with E-state index in [4.69, 9.17) is 17.3 Å². The first-order valence-electron chi connectivity index (χ1n) is 2.03. The molecule has 1 rings (SSSR count). The van der Waals surface area contributed by atoms with E-state index in [0.717, 1.165) is 0 Å². The molecule has 4 heteroatoms. The molecular weight excluding hydrogens is 126 g/mol. The second-order valence-electron chi connectivity index (χ2n) is 1.31. The third-order valence-electron chi connectivity index (χ3n) is 0.646. The van der Waals surface area contributed by atoms with Crippen LogP contribution in [0, 0.1) is 0 Å². The normalized spacial score (nSPS) is 9.12. The molecule has 1 heterocycles. The molecule has 1 aromatic rings. The minimum Gasteiger partial charge on any atom is -0.397 e. The lowest BCUT2D eigenvalue weighted by molar-refractivity contribution is 1.03. The van der Waals surface area contributed by atoms with Crippen LogP contribution >= 0.6 is 11.6 Å². The molecule has 0 fully saturated rings. The number of nitrogens with two attached hydrogens (primary N) is 1. The van der Waals surface area contributed by atoms with Gasteiger partial charge >= 0.3 is 0 Å². The van der Waals surface area contributed by atoms with Crippen molar-refractivity contribution in [3.05, 3.63) is 17.4 Å². The zero-order chi connectivity index (χ0) is 5.98. The van der Waals surface area contributed by atoms with E-state index < -0.39 is 0 Å². The summed E-state index contributed by atoms with van der Waals surface area (Å²) in [6.45, 7) is 0. The van der Waals surface area contributed by atoms with Gasteiger partial charge in [0.2, 0.25) is 0 Å². The lowest BCUT2D eigenvalue weighted by atomic mass is 10.5. The van der Waals surface area contributed by atoms with Crippen LogP contribution in [0.4, 0.5) is 5.69 Å². The van der Waals surface area contributed by atoms with Crippen LogP contribution in [-0.4, -0.2) is 10.2 Å². The molecule has 0 unspecified atom stereocenters. The van der Waals surface area contributed by atoms with Gasteiger partial charge in [0, 0.05) is 6.07 Å². The molecule has 0 spiro atoms. The number of hydrogen-bond donors (Lipinski definition) is 1. The molecule has 2 N–H and O–H groups in total. The first-order valence-corrected chi connectivity index (χ1v) is 2.40. The number of hydrogen-bond acceptors (Lipinski definition) is 3. The highest BCUT2D eigenvalue weighted by Gasteiger charge is 1.86. The van der Waals surface area contributed by atoms with Crippen LogP contribution in [0.2, 0.25) is 5.15 Å². The van der Waals surface area contributed by atoms with Gasteiger partial charge in [0.25, 0.3) is 0 Å². The molecule has 0 saturated carbocycles. The van der Waals surface area contributed by atoms with Crippen LogP contribution in [0.15, 0.2) is 12.3 Å². The van der Waals surface area contributed by atoms with Crippen molar-refractivity contribution in [2.24, 2.45) is 0 Å². The molecule has 0 radical (unpaired) electrons. The minimum atomic E-state index is 0.324. The van der Waals surface area contributed by atoms with Crippen LogP contribution in [0.25, 0.3) is 0 Å². The molecule has 0 aliphatic heterocycles. The summed E-state index contributed by atoms with van der Waals surface area (Å²) in [7, 11) is 0. The van der Waals surface area contributed by atoms with E-state index in [1.54, 1.807) is 0 Å². The van der Waals surface area contributed by atoms with Gasteiger partial charge in [0.15, 0.2) is 5.15 Å². The Labute approximate surface area is 51.5 Å². The Balaban J connectivity index is 3.08. The van der Waals surface area contributed by atoms with Crippen molar-refractivity contribution in [2.45, 2.75) is 0 Å². The number of nitrogens with zero attached hydrogens (tertiary/aromatic N) is 2. The van der Waals surface area contributed by atoms with E-state index in [1.807, 2.05) is 0 Å². The third-order valence-corrected chi connectivity index (χ3v) is 0.831. The van der Waals surface area contributed by atoms with Gasteiger partial charge < -0.3 is 5.73 Å². The first-order chi connectivity index (χ1) is 3.79. The summed E-state index contributed by atoms with van der Waals surface area (Å²) in [4.78, 5) is 0. The second kappa shape index (κ2) is 1.96. The van der Waals surface area contributed by atoms with Gasteiger partial charge in [0.1, 0.15) is 0 Å². The van der Waals surface area contributed by atoms with E-state index in [1.165, 1.54) is 12.3 Å². The summed E-state index contributed by atoms with van der Waals surface area (Å²) < 4.78 is 0. The molecule has 0 bridgehead atoms. The standard InChI is InChI=1S/C4H4ClN3/c5-4-1-3(6)2-7-8-4/h1-2H,(H2,6,8). The Hall–Kier alpha value is -0.830. The Morgan fingerprint density at radius 3 is 2.75 bits per heavy atom. The van der Waals surface area contributed by atoms with E-state index >= 15 is 0 Å². The molecule has 0 aliphatic carbocycles. The summed E-state index contributed by atoms with van der Waals surface area (Å²) in [5, 5.41) is 7.28. The summed E-state index contributed by atoms with van der Waals surface area (Å²) >= 11 is 5.39. The van der Waals surface area contributed by atoms with Gasteiger partial charge in [-0.05, 0) is 0 Å².